The van der Waals surface area contributed by atoms with Crippen LogP contribution in [0.2, 0.25) is 0 Å². The second-order valence-electron chi connectivity index (χ2n) is 3.35. The van der Waals surface area contributed by atoms with Crippen LogP contribution < -0.4 is 0 Å². The van der Waals surface area contributed by atoms with Gasteiger partial charge < -0.3 is 9.64 Å². The molecule has 0 N–H and O–H groups in total. The molecule has 0 aromatic heterocycles. The summed E-state index contributed by atoms with van der Waals surface area (Å²) in [4.78, 5) is 24.0. The molecule has 0 saturated heterocycles. The Hall–Kier alpha value is -1.32. The largest absolute Gasteiger partial charge is 0.469 e. The topological polar surface area (TPSA) is 46.6 Å². The summed E-state index contributed by atoms with van der Waals surface area (Å²) in [7, 11) is 3.02. The lowest BCUT2D eigenvalue weighted by Gasteiger charge is -2.16. The second-order valence-corrected chi connectivity index (χ2v) is 3.35. The first-order valence-corrected chi connectivity index (χ1v) is 5.02. The average Bonchev–Trinajstić information content (AvgIpc) is 2.24. The standard InChI is InChI=1S/C11H19NO3/c1-5-6-9(2)11(14)12(3)8-7-10(13)15-4/h6H,5,7-8H2,1-4H3/b9-6-. The number of carbonyl (C=O) groups is 2. The van der Waals surface area contributed by atoms with Gasteiger partial charge in [0.15, 0.2) is 0 Å². The highest BCUT2D eigenvalue weighted by Gasteiger charge is 2.11. The number of amides is 1. The molecule has 0 unspecified atom stereocenters. The van der Waals surface area contributed by atoms with Gasteiger partial charge in [0.2, 0.25) is 5.91 Å². The number of nitrogens with zero attached hydrogens (tertiary/aromatic N) is 1. The molecule has 0 aliphatic carbocycles. The zero-order valence-corrected chi connectivity index (χ0v) is 9.87. The van der Waals surface area contributed by atoms with E-state index in [1.54, 1.807) is 14.0 Å². The summed E-state index contributed by atoms with van der Waals surface area (Å²) in [6.45, 7) is 4.14. The fourth-order valence-corrected chi connectivity index (χ4v) is 1.16. The SMILES string of the molecule is CC/C=C(/C)C(=O)N(C)CCC(=O)OC. The number of carbonyl (C=O) groups excluding carboxylic acids is 2. The fourth-order valence-electron chi connectivity index (χ4n) is 1.16. The van der Waals surface area contributed by atoms with Crippen molar-refractivity contribution in [1.29, 1.82) is 0 Å². The minimum Gasteiger partial charge on any atom is -0.469 e. The maximum absolute atomic E-state index is 11.6. The summed E-state index contributed by atoms with van der Waals surface area (Å²) in [5, 5.41) is 0. The Bertz CT molecular complexity index is 259. The summed E-state index contributed by atoms with van der Waals surface area (Å²) in [6.07, 6.45) is 2.94. The van der Waals surface area contributed by atoms with Gasteiger partial charge in [-0.25, -0.2) is 0 Å². The van der Waals surface area contributed by atoms with Gasteiger partial charge in [0.1, 0.15) is 0 Å². The smallest absolute Gasteiger partial charge is 0.307 e. The monoisotopic (exact) mass is 213 g/mol. The number of hydrogen-bond donors (Lipinski definition) is 0. The van der Waals surface area contributed by atoms with Gasteiger partial charge in [-0.1, -0.05) is 13.0 Å². The number of likely N-dealkylation sites (N-methyl/N-ethyl adjacent to an activating group) is 1. The molecule has 86 valence electrons. The van der Waals surface area contributed by atoms with E-state index in [2.05, 4.69) is 4.74 Å². The first kappa shape index (κ1) is 13.7. The van der Waals surface area contributed by atoms with Crippen LogP contribution in [-0.2, 0) is 14.3 Å². The van der Waals surface area contributed by atoms with Gasteiger partial charge in [0.05, 0.1) is 13.5 Å². The highest BCUT2D eigenvalue weighted by atomic mass is 16.5. The normalized spacial score (nSPS) is 11.1. The van der Waals surface area contributed by atoms with Crippen molar-refractivity contribution in [1.82, 2.24) is 4.90 Å². The summed E-state index contributed by atoms with van der Waals surface area (Å²) in [5.74, 6) is -0.340. The van der Waals surface area contributed by atoms with Crippen LogP contribution in [-0.4, -0.2) is 37.5 Å². The molecule has 0 aliphatic rings. The van der Waals surface area contributed by atoms with Crippen LogP contribution in [0, 0.1) is 0 Å². The van der Waals surface area contributed by atoms with Crippen molar-refractivity contribution in [2.45, 2.75) is 26.7 Å². The van der Waals surface area contributed by atoms with Gasteiger partial charge >= 0.3 is 5.97 Å². The lowest BCUT2D eigenvalue weighted by Crippen LogP contribution is -2.29. The van der Waals surface area contributed by atoms with Crippen molar-refractivity contribution >= 4 is 11.9 Å². The van der Waals surface area contributed by atoms with Crippen LogP contribution in [0.25, 0.3) is 0 Å². The number of rotatable bonds is 5. The summed E-state index contributed by atoms with van der Waals surface area (Å²) >= 11 is 0. The lowest BCUT2D eigenvalue weighted by atomic mass is 10.2. The molecule has 0 atom stereocenters. The maximum Gasteiger partial charge on any atom is 0.307 e. The van der Waals surface area contributed by atoms with Crippen LogP contribution in [0.3, 0.4) is 0 Å². The predicted octanol–water partition coefficient (Wildman–Crippen LogP) is 1.36. The zero-order chi connectivity index (χ0) is 11.8. The third kappa shape index (κ3) is 5.20. The molecule has 0 aromatic rings. The molecule has 0 fully saturated rings. The van der Waals surface area contributed by atoms with Gasteiger partial charge in [0.25, 0.3) is 0 Å². The van der Waals surface area contributed by atoms with Crippen molar-refractivity contribution in [3.8, 4) is 0 Å². The van der Waals surface area contributed by atoms with Crippen LogP contribution in [0.4, 0.5) is 0 Å². The zero-order valence-electron chi connectivity index (χ0n) is 9.87. The van der Waals surface area contributed by atoms with E-state index >= 15 is 0 Å². The quantitative estimate of drug-likeness (QED) is 0.512. The van der Waals surface area contributed by atoms with Gasteiger partial charge in [0, 0.05) is 19.2 Å². The number of allylic oxidation sites excluding steroid dienone is 1. The molecule has 0 radical (unpaired) electrons. The van der Waals surface area contributed by atoms with Crippen LogP contribution in [0.5, 0.6) is 0 Å². The third-order valence-corrected chi connectivity index (χ3v) is 2.07. The number of esters is 1. The van der Waals surface area contributed by atoms with E-state index in [1.807, 2.05) is 13.0 Å². The Labute approximate surface area is 90.9 Å². The van der Waals surface area contributed by atoms with Crippen molar-refractivity contribution in [3.05, 3.63) is 11.6 Å². The highest BCUT2D eigenvalue weighted by Crippen LogP contribution is 2.01. The Kier molecular flexibility index (Phi) is 6.42. The Morgan fingerprint density at radius 1 is 1.40 bits per heavy atom. The summed E-state index contributed by atoms with van der Waals surface area (Å²) in [6, 6.07) is 0. The van der Waals surface area contributed by atoms with Gasteiger partial charge in [-0.05, 0) is 13.3 Å². The molecule has 4 heteroatoms. The molecule has 0 aliphatic heterocycles. The minimum atomic E-state index is -0.299. The van der Waals surface area contributed by atoms with E-state index in [9.17, 15) is 9.59 Å². The number of ether oxygens (including phenoxy) is 1. The molecular weight excluding hydrogens is 194 g/mol. The number of methoxy groups -OCH3 is 1. The first-order valence-electron chi connectivity index (χ1n) is 5.02. The molecular formula is C11H19NO3. The average molecular weight is 213 g/mol. The predicted molar refractivity (Wildman–Crippen MR) is 58.3 cm³/mol. The Morgan fingerprint density at radius 3 is 2.47 bits per heavy atom. The molecule has 0 bridgehead atoms. The minimum absolute atomic E-state index is 0.0410. The highest BCUT2D eigenvalue weighted by molar-refractivity contribution is 5.92. The second kappa shape index (κ2) is 7.04. The van der Waals surface area contributed by atoms with Crippen molar-refractivity contribution in [2.75, 3.05) is 20.7 Å². The van der Waals surface area contributed by atoms with E-state index in [4.69, 9.17) is 0 Å². The lowest BCUT2D eigenvalue weighted by molar-refractivity contribution is -0.141. The van der Waals surface area contributed by atoms with E-state index < -0.39 is 0 Å². The van der Waals surface area contributed by atoms with E-state index in [1.165, 1.54) is 12.0 Å². The maximum atomic E-state index is 11.6. The molecule has 0 heterocycles. The first-order chi connectivity index (χ1) is 7.02. The van der Waals surface area contributed by atoms with Crippen molar-refractivity contribution in [2.24, 2.45) is 0 Å². The Balaban J connectivity index is 4.10. The Morgan fingerprint density at radius 2 is 2.00 bits per heavy atom. The van der Waals surface area contributed by atoms with Gasteiger partial charge in [-0.15, -0.1) is 0 Å². The van der Waals surface area contributed by atoms with Crippen LogP contribution >= 0.6 is 0 Å². The fraction of sp³-hybridized carbons (Fsp3) is 0.636. The van der Waals surface area contributed by atoms with E-state index in [-0.39, 0.29) is 18.3 Å². The van der Waals surface area contributed by atoms with E-state index in [0.717, 1.165) is 6.42 Å². The van der Waals surface area contributed by atoms with Gasteiger partial charge in [-0.2, -0.15) is 0 Å². The van der Waals surface area contributed by atoms with Crippen LogP contribution in [0.15, 0.2) is 11.6 Å². The molecule has 0 saturated carbocycles. The number of hydrogen-bond acceptors (Lipinski definition) is 3. The van der Waals surface area contributed by atoms with Gasteiger partial charge in [-0.3, -0.25) is 9.59 Å². The van der Waals surface area contributed by atoms with Crippen molar-refractivity contribution in [3.63, 3.8) is 0 Å². The van der Waals surface area contributed by atoms with Crippen LogP contribution in [0.1, 0.15) is 26.7 Å². The summed E-state index contributed by atoms with van der Waals surface area (Å²) < 4.78 is 4.50. The molecule has 0 rings (SSSR count). The third-order valence-electron chi connectivity index (χ3n) is 2.07. The molecule has 15 heavy (non-hydrogen) atoms. The molecule has 0 aromatic carbocycles. The molecule has 4 nitrogen and oxygen atoms in total. The van der Waals surface area contributed by atoms with E-state index in [0.29, 0.717) is 12.1 Å². The molecule has 1 amide bonds. The molecule has 0 spiro atoms. The summed E-state index contributed by atoms with van der Waals surface area (Å²) in [5.41, 5.74) is 0.713. The van der Waals surface area contributed by atoms with Crippen molar-refractivity contribution < 1.29 is 14.3 Å².